The minimum absolute atomic E-state index is 0.113. The van der Waals surface area contributed by atoms with Crippen LogP contribution in [0.4, 0.5) is 0 Å². The number of hydrogen-bond donors (Lipinski definition) is 1. The van der Waals surface area contributed by atoms with Crippen LogP contribution in [-0.2, 0) is 16.0 Å². The van der Waals surface area contributed by atoms with Crippen molar-refractivity contribution in [2.24, 2.45) is 0 Å². The molecule has 6 nitrogen and oxygen atoms in total. The van der Waals surface area contributed by atoms with Crippen LogP contribution in [-0.4, -0.2) is 47.7 Å². The predicted molar refractivity (Wildman–Crippen MR) is 73.7 cm³/mol. The topological polar surface area (TPSA) is 90.6 Å². The zero-order valence-electron chi connectivity index (χ0n) is 11.5. The Balaban J connectivity index is 2.07. The third-order valence-electron chi connectivity index (χ3n) is 3.29. The molecular formula is C15H16N2O4. The Morgan fingerprint density at radius 2 is 2.29 bits per heavy atom. The highest BCUT2D eigenvalue weighted by atomic mass is 16.5. The molecule has 1 fully saturated rings. The van der Waals surface area contributed by atoms with Crippen LogP contribution in [0, 0.1) is 11.3 Å². The molecule has 0 spiro atoms. The van der Waals surface area contributed by atoms with Crippen molar-refractivity contribution in [3.63, 3.8) is 0 Å². The van der Waals surface area contributed by atoms with Gasteiger partial charge in [0, 0.05) is 18.7 Å². The van der Waals surface area contributed by atoms with Crippen LogP contribution >= 0.6 is 0 Å². The molecule has 0 bridgehead atoms. The molecule has 110 valence electrons. The van der Waals surface area contributed by atoms with Gasteiger partial charge in [0.2, 0.25) is 0 Å². The van der Waals surface area contributed by atoms with Gasteiger partial charge < -0.3 is 14.7 Å². The van der Waals surface area contributed by atoms with E-state index in [0.717, 1.165) is 5.56 Å². The fraction of sp³-hybridized carbons (Fsp3) is 0.400. The van der Waals surface area contributed by atoms with Gasteiger partial charge in [-0.1, -0.05) is 12.1 Å². The molecule has 1 aromatic rings. The van der Waals surface area contributed by atoms with E-state index in [0.29, 0.717) is 18.7 Å². The number of carboxylic acids is 1. The summed E-state index contributed by atoms with van der Waals surface area (Å²) in [4.78, 5) is 24.7. The molecular weight excluding hydrogens is 272 g/mol. The number of nitriles is 1. The largest absolute Gasteiger partial charge is 0.481 e. The normalized spacial score (nSPS) is 18.0. The monoisotopic (exact) mass is 288 g/mol. The third kappa shape index (κ3) is 4.04. The second-order valence-corrected chi connectivity index (χ2v) is 4.88. The summed E-state index contributed by atoms with van der Waals surface area (Å²) in [6, 6.07) is 8.99. The summed E-state index contributed by atoms with van der Waals surface area (Å²) in [5.41, 5.74) is 1.30. The average Bonchev–Trinajstić information content (AvgIpc) is 2.47. The first-order valence-electron chi connectivity index (χ1n) is 6.68. The maximum atomic E-state index is 12.4. The maximum absolute atomic E-state index is 12.4. The molecule has 0 saturated carbocycles. The number of morpholine rings is 1. The van der Waals surface area contributed by atoms with E-state index in [1.54, 1.807) is 29.2 Å². The van der Waals surface area contributed by atoms with Crippen molar-refractivity contribution >= 4 is 11.9 Å². The number of carbonyl (C=O) groups excluding carboxylic acids is 1. The van der Waals surface area contributed by atoms with Crippen molar-refractivity contribution in [2.45, 2.75) is 18.9 Å². The van der Waals surface area contributed by atoms with Gasteiger partial charge in [0.15, 0.2) is 0 Å². The molecule has 1 aliphatic heterocycles. The van der Waals surface area contributed by atoms with Gasteiger partial charge >= 0.3 is 5.97 Å². The van der Waals surface area contributed by atoms with E-state index in [2.05, 4.69) is 0 Å². The molecule has 0 aromatic heterocycles. The summed E-state index contributed by atoms with van der Waals surface area (Å²) in [7, 11) is 0. The highest BCUT2D eigenvalue weighted by molar-refractivity contribution is 5.94. The second kappa shape index (κ2) is 6.86. The van der Waals surface area contributed by atoms with Gasteiger partial charge in [-0.05, 0) is 17.7 Å². The lowest BCUT2D eigenvalue weighted by atomic mass is 10.1. The summed E-state index contributed by atoms with van der Waals surface area (Å²) in [6.45, 7) is 1.05. The highest BCUT2D eigenvalue weighted by Gasteiger charge is 2.26. The number of nitrogens with zero attached hydrogens (tertiary/aromatic N) is 2. The Labute approximate surface area is 122 Å². The average molecular weight is 288 g/mol. The van der Waals surface area contributed by atoms with Crippen LogP contribution in [0.25, 0.3) is 0 Å². The van der Waals surface area contributed by atoms with Gasteiger partial charge in [0.1, 0.15) is 0 Å². The van der Waals surface area contributed by atoms with E-state index >= 15 is 0 Å². The molecule has 1 saturated heterocycles. The number of benzene rings is 1. The number of ether oxygens (including phenoxy) is 1. The van der Waals surface area contributed by atoms with Crippen molar-refractivity contribution in [1.29, 1.82) is 5.26 Å². The molecule has 0 radical (unpaired) electrons. The Kier molecular flexibility index (Phi) is 4.90. The quantitative estimate of drug-likeness (QED) is 0.894. The van der Waals surface area contributed by atoms with Crippen LogP contribution in [0.3, 0.4) is 0 Å². The second-order valence-electron chi connectivity index (χ2n) is 4.88. The first kappa shape index (κ1) is 15.0. The van der Waals surface area contributed by atoms with Gasteiger partial charge in [-0.3, -0.25) is 9.59 Å². The van der Waals surface area contributed by atoms with E-state index < -0.39 is 12.1 Å². The van der Waals surface area contributed by atoms with E-state index in [-0.39, 0.29) is 25.3 Å². The lowest BCUT2D eigenvalue weighted by molar-refractivity contribution is -0.141. The molecule has 0 aliphatic carbocycles. The number of carbonyl (C=O) groups is 2. The van der Waals surface area contributed by atoms with Gasteiger partial charge in [-0.25, -0.2) is 0 Å². The Morgan fingerprint density at radius 1 is 1.48 bits per heavy atom. The molecule has 1 aromatic carbocycles. The molecule has 1 heterocycles. The van der Waals surface area contributed by atoms with Crippen molar-refractivity contribution in [2.75, 3.05) is 19.7 Å². The fourth-order valence-corrected chi connectivity index (χ4v) is 2.31. The summed E-state index contributed by atoms with van der Waals surface area (Å²) >= 11 is 0. The van der Waals surface area contributed by atoms with Crippen LogP contribution in [0.15, 0.2) is 24.3 Å². The van der Waals surface area contributed by atoms with Crippen LogP contribution < -0.4 is 0 Å². The molecule has 21 heavy (non-hydrogen) atoms. The van der Waals surface area contributed by atoms with Gasteiger partial charge in [-0.2, -0.15) is 5.26 Å². The van der Waals surface area contributed by atoms with Crippen molar-refractivity contribution < 1.29 is 19.4 Å². The minimum Gasteiger partial charge on any atom is -0.481 e. The van der Waals surface area contributed by atoms with E-state index in [1.807, 2.05) is 6.07 Å². The van der Waals surface area contributed by atoms with Crippen molar-refractivity contribution in [1.82, 2.24) is 4.90 Å². The van der Waals surface area contributed by atoms with Crippen LogP contribution in [0.5, 0.6) is 0 Å². The standard InChI is InChI=1S/C15H16N2O4/c16-5-4-11-2-1-3-12(8-11)15(20)17-6-7-21-13(10-17)9-14(18)19/h1-3,8,13H,4,6-7,9-10H2,(H,18,19). The fourth-order valence-electron chi connectivity index (χ4n) is 2.31. The molecule has 1 atom stereocenters. The van der Waals surface area contributed by atoms with Crippen LogP contribution in [0.2, 0.25) is 0 Å². The number of hydrogen-bond acceptors (Lipinski definition) is 4. The number of amides is 1. The SMILES string of the molecule is N#CCc1cccc(C(=O)N2CCOC(CC(=O)O)C2)c1. The first-order chi connectivity index (χ1) is 10.1. The smallest absolute Gasteiger partial charge is 0.306 e. The molecule has 1 amide bonds. The summed E-state index contributed by atoms with van der Waals surface area (Å²) in [6.07, 6.45) is -0.327. The Morgan fingerprint density at radius 3 is 3.00 bits per heavy atom. The summed E-state index contributed by atoms with van der Waals surface area (Å²) in [5, 5.41) is 17.5. The van der Waals surface area contributed by atoms with Gasteiger partial charge in [0.25, 0.3) is 5.91 Å². The molecule has 1 N–H and O–H groups in total. The lowest BCUT2D eigenvalue weighted by Gasteiger charge is -2.32. The Hall–Kier alpha value is -2.39. The third-order valence-corrected chi connectivity index (χ3v) is 3.29. The molecule has 6 heteroatoms. The summed E-state index contributed by atoms with van der Waals surface area (Å²) in [5.74, 6) is -1.10. The van der Waals surface area contributed by atoms with Crippen LogP contribution in [0.1, 0.15) is 22.3 Å². The number of carboxylic acid groups (broad SMARTS) is 1. The first-order valence-corrected chi connectivity index (χ1v) is 6.68. The number of rotatable bonds is 4. The zero-order chi connectivity index (χ0) is 15.2. The summed E-state index contributed by atoms with van der Waals surface area (Å²) < 4.78 is 5.35. The molecule has 2 rings (SSSR count). The van der Waals surface area contributed by atoms with Gasteiger partial charge in [-0.15, -0.1) is 0 Å². The highest BCUT2D eigenvalue weighted by Crippen LogP contribution is 2.14. The van der Waals surface area contributed by atoms with Crippen molar-refractivity contribution in [3.8, 4) is 6.07 Å². The molecule has 1 aliphatic rings. The predicted octanol–water partition coefficient (Wildman–Crippen LogP) is 1.07. The maximum Gasteiger partial charge on any atom is 0.306 e. The molecule has 1 unspecified atom stereocenters. The van der Waals surface area contributed by atoms with Gasteiger partial charge in [0.05, 0.1) is 31.6 Å². The lowest BCUT2D eigenvalue weighted by Crippen LogP contribution is -2.46. The zero-order valence-corrected chi connectivity index (χ0v) is 11.5. The van der Waals surface area contributed by atoms with E-state index in [1.165, 1.54) is 0 Å². The Bertz CT molecular complexity index is 579. The minimum atomic E-state index is -0.940. The number of aliphatic carboxylic acids is 1. The van der Waals surface area contributed by atoms with E-state index in [9.17, 15) is 9.59 Å². The van der Waals surface area contributed by atoms with Crippen molar-refractivity contribution in [3.05, 3.63) is 35.4 Å². The van der Waals surface area contributed by atoms with E-state index in [4.69, 9.17) is 15.1 Å².